The average molecular weight is 189 g/mol. The van der Waals surface area contributed by atoms with Gasteiger partial charge in [0.15, 0.2) is 5.96 Å². The first-order chi connectivity index (χ1) is 6.81. The summed E-state index contributed by atoms with van der Waals surface area (Å²) in [6, 6.07) is 7.84. The Morgan fingerprint density at radius 2 is 2.21 bits per heavy atom. The third-order valence-electron chi connectivity index (χ3n) is 1.99. The molecule has 0 bridgehead atoms. The number of guanidine groups is 1. The molecular formula is C10H11N3O. The lowest BCUT2D eigenvalue weighted by atomic mass is 10.2. The summed E-state index contributed by atoms with van der Waals surface area (Å²) in [5.74, 6) is 0.966. The SMILES string of the molecule is CN=C(N)Nc1occ2ccccc12. The van der Waals surface area contributed by atoms with Crippen molar-refractivity contribution in [3.8, 4) is 0 Å². The Hall–Kier alpha value is -1.97. The molecule has 1 aromatic heterocycles. The third kappa shape index (κ3) is 1.42. The Labute approximate surface area is 81.4 Å². The highest BCUT2D eigenvalue weighted by molar-refractivity contribution is 6.00. The second kappa shape index (κ2) is 3.41. The van der Waals surface area contributed by atoms with Crippen LogP contribution in [-0.2, 0) is 0 Å². The van der Waals surface area contributed by atoms with E-state index in [1.54, 1.807) is 13.3 Å². The van der Waals surface area contributed by atoms with Crippen LogP contribution in [0.4, 0.5) is 5.88 Å². The van der Waals surface area contributed by atoms with Crippen LogP contribution in [0.1, 0.15) is 0 Å². The highest BCUT2D eigenvalue weighted by Crippen LogP contribution is 2.24. The van der Waals surface area contributed by atoms with E-state index >= 15 is 0 Å². The zero-order valence-corrected chi connectivity index (χ0v) is 7.82. The molecule has 3 N–H and O–H groups in total. The number of fused-ring (bicyclic) bond motifs is 1. The van der Waals surface area contributed by atoms with Crippen LogP contribution >= 0.6 is 0 Å². The van der Waals surface area contributed by atoms with E-state index in [4.69, 9.17) is 10.2 Å². The quantitative estimate of drug-likeness (QED) is 0.531. The summed E-state index contributed by atoms with van der Waals surface area (Å²) in [4.78, 5) is 3.79. The summed E-state index contributed by atoms with van der Waals surface area (Å²) in [6.45, 7) is 0. The van der Waals surface area contributed by atoms with Crippen LogP contribution in [0.5, 0.6) is 0 Å². The van der Waals surface area contributed by atoms with E-state index < -0.39 is 0 Å². The van der Waals surface area contributed by atoms with Crippen molar-refractivity contribution in [3.63, 3.8) is 0 Å². The molecule has 0 saturated carbocycles. The first kappa shape index (κ1) is 8.62. The molecule has 0 amide bonds. The Bertz CT molecular complexity index is 473. The second-order valence-electron chi connectivity index (χ2n) is 2.89. The number of nitrogens with one attached hydrogen (secondary N) is 1. The maximum Gasteiger partial charge on any atom is 0.207 e. The topological polar surface area (TPSA) is 63.5 Å². The lowest BCUT2D eigenvalue weighted by Gasteiger charge is -2.00. The van der Waals surface area contributed by atoms with Gasteiger partial charge >= 0.3 is 0 Å². The van der Waals surface area contributed by atoms with Gasteiger partial charge in [0.2, 0.25) is 5.88 Å². The van der Waals surface area contributed by atoms with Crippen molar-refractivity contribution in [2.24, 2.45) is 10.7 Å². The van der Waals surface area contributed by atoms with Gasteiger partial charge in [-0.25, -0.2) is 0 Å². The molecule has 1 heterocycles. The van der Waals surface area contributed by atoms with Crippen molar-refractivity contribution in [2.45, 2.75) is 0 Å². The molecule has 14 heavy (non-hydrogen) atoms. The molecule has 72 valence electrons. The van der Waals surface area contributed by atoms with Gasteiger partial charge < -0.3 is 10.2 Å². The number of hydrogen-bond donors (Lipinski definition) is 2. The van der Waals surface area contributed by atoms with Crippen molar-refractivity contribution in [1.29, 1.82) is 0 Å². The Morgan fingerprint density at radius 1 is 1.43 bits per heavy atom. The largest absolute Gasteiger partial charge is 0.447 e. The van der Waals surface area contributed by atoms with Crippen molar-refractivity contribution < 1.29 is 4.42 Å². The molecule has 0 aliphatic heterocycles. The molecule has 0 radical (unpaired) electrons. The molecule has 0 aliphatic rings. The second-order valence-corrected chi connectivity index (χ2v) is 2.89. The van der Waals surface area contributed by atoms with E-state index in [2.05, 4.69) is 10.3 Å². The van der Waals surface area contributed by atoms with E-state index in [-0.39, 0.29) is 0 Å². The van der Waals surface area contributed by atoms with Gasteiger partial charge in [0, 0.05) is 17.8 Å². The van der Waals surface area contributed by atoms with Gasteiger partial charge in [-0.15, -0.1) is 0 Å². The number of hydrogen-bond acceptors (Lipinski definition) is 2. The molecule has 0 fully saturated rings. The number of furan rings is 1. The average Bonchev–Trinajstić information content (AvgIpc) is 2.62. The number of nitrogens with zero attached hydrogens (tertiary/aromatic N) is 1. The summed E-state index contributed by atoms with van der Waals surface area (Å²) in [6.07, 6.45) is 1.68. The zero-order chi connectivity index (χ0) is 9.97. The predicted octanol–water partition coefficient (Wildman–Crippen LogP) is 1.79. The summed E-state index contributed by atoms with van der Waals surface area (Å²) >= 11 is 0. The van der Waals surface area contributed by atoms with Crippen LogP contribution in [0, 0.1) is 0 Å². The first-order valence-electron chi connectivity index (χ1n) is 4.27. The molecule has 0 atom stereocenters. The van der Waals surface area contributed by atoms with Gasteiger partial charge in [0.05, 0.1) is 0 Å². The van der Waals surface area contributed by atoms with Crippen molar-refractivity contribution >= 4 is 22.6 Å². The molecule has 0 aliphatic carbocycles. The maximum absolute atomic E-state index is 5.53. The van der Waals surface area contributed by atoms with Gasteiger partial charge in [-0.2, -0.15) is 0 Å². The predicted molar refractivity (Wildman–Crippen MR) is 57.4 cm³/mol. The normalized spacial score (nSPS) is 11.9. The van der Waals surface area contributed by atoms with Crippen LogP contribution in [0.2, 0.25) is 0 Å². The highest BCUT2D eigenvalue weighted by atomic mass is 16.3. The minimum Gasteiger partial charge on any atom is -0.447 e. The fourth-order valence-electron chi connectivity index (χ4n) is 1.26. The molecule has 4 nitrogen and oxygen atoms in total. The number of benzene rings is 1. The molecule has 2 aromatic rings. The van der Waals surface area contributed by atoms with E-state index in [0.29, 0.717) is 11.8 Å². The summed E-state index contributed by atoms with van der Waals surface area (Å²) in [5, 5.41) is 4.92. The summed E-state index contributed by atoms with van der Waals surface area (Å²) < 4.78 is 5.32. The molecule has 2 rings (SSSR count). The van der Waals surface area contributed by atoms with E-state index in [1.807, 2.05) is 24.3 Å². The third-order valence-corrected chi connectivity index (χ3v) is 1.99. The fourth-order valence-corrected chi connectivity index (χ4v) is 1.26. The minimum absolute atomic E-state index is 0.338. The van der Waals surface area contributed by atoms with Crippen molar-refractivity contribution in [3.05, 3.63) is 30.5 Å². The minimum atomic E-state index is 0.338. The van der Waals surface area contributed by atoms with Crippen LogP contribution in [0.3, 0.4) is 0 Å². The molecule has 0 unspecified atom stereocenters. The number of anilines is 1. The standard InChI is InChI=1S/C10H11N3O/c1-12-10(11)13-9-8-5-3-2-4-7(8)6-14-9/h2-6H,1H3,(H3,11,12,13). The Kier molecular flexibility index (Phi) is 2.10. The number of aliphatic imine (C=N–C) groups is 1. The van der Waals surface area contributed by atoms with Crippen molar-refractivity contribution in [1.82, 2.24) is 0 Å². The summed E-state index contributed by atoms with van der Waals surface area (Å²) in [7, 11) is 1.62. The van der Waals surface area contributed by atoms with Gasteiger partial charge in [-0.1, -0.05) is 18.2 Å². The summed E-state index contributed by atoms with van der Waals surface area (Å²) in [5.41, 5.74) is 5.53. The number of nitrogens with two attached hydrogens (primary N) is 1. The van der Waals surface area contributed by atoms with Gasteiger partial charge in [0.25, 0.3) is 0 Å². The molecular weight excluding hydrogens is 178 g/mol. The van der Waals surface area contributed by atoms with Crippen LogP contribution in [0.15, 0.2) is 39.9 Å². The fraction of sp³-hybridized carbons (Fsp3) is 0.100. The first-order valence-corrected chi connectivity index (χ1v) is 4.27. The zero-order valence-electron chi connectivity index (χ0n) is 7.82. The van der Waals surface area contributed by atoms with Crippen LogP contribution < -0.4 is 11.1 Å². The van der Waals surface area contributed by atoms with Gasteiger partial charge in [-0.3, -0.25) is 10.3 Å². The highest BCUT2D eigenvalue weighted by Gasteiger charge is 2.04. The lowest BCUT2D eigenvalue weighted by Crippen LogP contribution is -2.21. The van der Waals surface area contributed by atoms with Crippen LogP contribution in [-0.4, -0.2) is 13.0 Å². The molecule has 4 heteroatoms. The molecule has 0 spiro atoms. The van der Waals surface area contributed by atoms with Crippen molar-refractivity contribution in [2.75, 3.05) is 12.4 Å². The molecule has 1 aromatic carbocycles. The Balaban J connectivity index is 2.43. The van der Waals surface area contributed by atoms with E-state index in [9.17, 15) is 0 Å². The molecule has 0 saturated heterocycles. The Morgan fingerprint density at radius 3 is 3.00 bits per heavy atom. The monoisotopic (exact) mass is 189 g/mol. The van der Waals surface area contributed by atoms with Gasteiger partial charge in [-0.05, 0) is 6.07 Å². The van der Waals surface area contributed by atoms with E-state index in [1.165, 1.54) is 0 Å². The number of rotatable bonds is 1. The maximum atomic E-state index is 5.53. The lowest BCUT2D eigenvalue weighted by molar-refractivity contribution is 0.591. The smallest absolute Gasteiger partial charge is 0.207 e. The van der Waals surface area contributed by atoms with Crippen LogP contribution in [0.25, 0.3) is 10.8 Å². The van der Waals surface area contributed by atoms with E-state index in [0.717, 1.165) is 10.8 Å². The van der Waals surface area contributed by atoms with Gasteiger partial charge in [0.1, 0.15) is 6.26 Å².